The summed E-state index contributed by atoms with van der Waals surface area (Å²) >= 11 is 0. The molecule has 0 unspecified atom stereocenters. The summed E-state index contributed by atoms with van der Waals surface area (Å²) in [6.45, 7) is 7.08. The van der Waals surface area contributed by atoms with E-state index in [1.165, 1.54) is 36.1 Å². The number of H-pyrrole nitrogens is 1. The van der Waals surface area contributed by atoms with E-state index < -0.39 is 0 Å². The van der Waals surface area contributed by atoms with Gasteiger partial charge in [-0.3, -0.25) is 5.10 Å². The van der Waals surface area contributed by atoms with Crippen LogP contribution in [0.5, 0.6) is 5.75 Å². The van der Waals surface area contributed by atoms with Crippen LogP contribution >= 0.6 is 12.4 Å². The van der Waals surface area contributed by atoms with Crippen LogP contribution < -0.4 is 4.74 Å². The van der Waals surface area contributed by atoms with E-state index in [1.54, 1.807) is 0 Å². The van der Waals surface area contributed by atoms with Crippen LogP contribution in [0, 0.1) is 20.8 Å². The first-order chi connectivity index (χ1) is 10.2. The average Bonchev–Trinajstić information content (AvgIpc) is 2.79. The Morgan fingerprint density at radius 3 is 2.27 bits per heavy atom. The molecule has 2 aromatic rings. The normalized spacial score (nSPS) is 10.3. The first-order valence-corrected chi connectivity index (χ1v) is 7.86. The zero-order valence-corrected chi connectivity index (χ0v) is 14.6. The Labute approximate surface area is 139 Å². The maximum atomic E-state index is 5.74. The van der Waals surface area contributed by atoms with Crippen molar-refractivity contribution in [2.24, 2.45) is 0 Å². The summed E-state index contributed by atoms with van der Waals surface area (Å²) in [5.41, 5.74) is 5.03. The SMILES string of the molecule is Cc1ccc(OCCCCCCc2c(C)n[nH]c2C)cc1.Cl. The van der Waals surface area contributed by atoms with Crippen LogP contribution in [0.3, 0.4) is 0 Å². The summed E-state index contributed by atoms with van der Waals surface area (Å²) in [5, 5.41) is 7.29. The van der Waals surface area contributed by atoms with E-state index in [0.29, 0.717) is 0 Å². The molecule has 4 heteroatoms. The maximum Gasteiger partial charge on any atom is 0.119 e. The number of hydrogen-bond acceptors (Lipinski definition) is 2. The van der Waals surface area contributed by atoms with E-state index in [1.807, 2.05) is 12.1 Å². The molecule has 0 bridgehead atoms. The lowest BCUT2D eigenvalue weighted by atomic mass is 10.0. The predicted molar refractivity (Wildman–Crippen MR) is 94.2 cm³/mol. The van der Waals surface area contributed by atoms with Crippen LogP contribution in [0.25, 0.3) is 0 Å². The van der Waals surface area contributed by atoms with Crippen LogP contribution in [-0.4, -0.2) is 16.8 Å². The number of nitrogens with one attached hydrogen (secondary N) is 1. The van der Waals surface area contributed by atoms with Gasteiger partial charge in [-0.1, -0.05) is 30.5 Å². The molecule has 0 saturated heterocycles. The summed E-state index contributed by atoms with van der Waals surface area (Å²) in [6, 6.07) is 8.26. The van der Waals surface area contributed by atoms with Gasteiger partial charge in [0.05, 0.1) is 12.3 Å². The maximum absolute atomic E-state index is 5.74. The minimum Gasteiger partial charge on any atom is -0.494 e. The van der Waals surface area contributed by atoms with Gasteiger partial charge in [0, 0.05) is 5.69 Å². The summed E-state index contributed by atoms with van der Waals surface area (Å²) in [4.78, 5) is 0. The van der Waals surface area contributed by atoms with Crippen molar-refractivity contribution >= 4 is 12.4 Å². The van der Waals surface area contributed by atoms with Gasteiger partial charge in [0.25, 0.3) is 0 Å². The van der Waals surface area contributed by atoms with Gasteiger partial charge in [-0.15, -0.1) is 12.4 Å². The number of ether oxygens (including phenoxy) is 1. The number of aromatic amines is 1. The second-order valence-corrected chi connectivity index (χ2v) is 5.74. The molecule has 1 aromatic heterocycles. The molecule has 0 aliphatic carbocycles. The summed E-state index contributed by atoms with van der Waals surface area (Å²) in [5.74, 6) is 0.977. The molecule has 1 aromatic carbocycles. The van der Waals surface area contributed by atoms with Crippen molar-refractivity contribution in [3.8, 4) is 5.75 Å². The van der Waals surface area contributed by atoms with Gasteiger partial charge >= 0.3 is 0 Å². The predicted octanol–water partition coefficient (Wildman–Crippen LogP) is 4.94. The number of halogens is 1. The van der Waals surface area contributed by atoms with Crippen LogP contribution in [0.15, 0.2) is 24.3 Å². The number of aromatic nitrogens is 2. The van der Waals surface area contributed by atoms with Crippen LogP contribution in [0.4, 0.5) is 0 Å². The Morgan fingerprint density at radius 1 is 0.955 bits per heavy atom. The molecule has 122 valence electrons. The fourth-order valence-corrected chi connectivity index (χ4v) is 2.52. The van der Waals surface area contributed by atoms with Gasteiger partial charge in [-0.2, -0.15) is 5.10 Å². The minimum absolute atomic E-state index is 0. The molecule has 0 spiro atoms. The number of nitrogens with zero attached hydrogens (tertiary/aromatic N) is 1. The zero-order chi connectivity index (χ0) is 15.1. The fourth-order valence-electron chi connectivity index (χ4n) is 2.52. The van der Waals surface area contributed by atoms with Crippen molar-refractivity contribution in [2.75, 3.05) is 6.61 Å². The van der Waals surface area contributed by atoms with Crippen molar-refractivity contribution in [2.45, 2.75) is 52.9 Å². The van der Waals surface area contributed by atoms with Gasteiger partial charge in [0.2, 0.25) is 0 Å². The van der Waals surface area contributed by atoms with Crippen LogP contribution in [0.1, 0.15) is 48.2 Å². The molecule has 1 heterocycles. The Morgan fingerprint density at radius 2 is 1.64 bits per heavy atom. The third kappa shape index (κ3) is 5.72. The second-order valence-electron chi connectivity index (χ2n) is 5.74. The Balaban J connectivity index is 0.00000242. The highest BCUT2D eigenvalue weighted by Crippen LogP contribution is 2.15. The van der Waals surface area contributed by atoms with Crippen molar-refractivity contribution in [1.29, 1.82) is 0 Å². The van der Waals surface area contributed by atoms with Gasteiger partial charge < -0.3 is 4.74 Å². The Bertz CT molecular complexity index is 529. The summed E-state index contributed by atoms with van der Waals surface area (Å²) in [6.07, 6.45) is 5.96. The second kappa shape index (κ2) is 9.52. The largest absolute Gasteiger partial charge is 0.494 e. The fraction of sp³-hybridized carbons (Fsp3) is 0.500. The summed E-state index contributed by atoms with van der Waals surface area (Å²) in [7, 11) is 0. The molecule has 2 rings (SSSR count). The number of rotatable bonds is 8. The van der Waals surface area contributed by atoms with E-state index in [2.05, 4.69) is 43.1 Å². The third-order valence-corrected chi connectivity index (χ3v) is 3.89. The highest BCUT2D eigenvalue weighted by molar-refractivity contribution is 5.85. The van der Waals surface area contributed by atoms with E-state index in [4.69, 9.17) is 4.74 Å². The quantitative estimate of drug-likeness (QED) is 0.699. The van der Waals surface area contributed by atoms with Crippen LogP contribution in [-0.2, 0) is 6.42 Å². The lowest BCUT2D eigenvalue weighted by Crippen LogP contribution is -1.97. The molecule has 0 radical (unpaired) electrons. The van der Waals surface area contributed by atoms with E-state index in [-0.39, 0.29) is 12.4 Å². The van der Waals surface area contributed by atoms with Crippen molar-refractivity contribution in [3.05, 3.63) is 46.8 Å². The number of aryl methyl sites for hydroxylation is 3. The Kier molecular flexibility index (Phi) is 8.03. The first kappa shape index (κ1) is 18.6. The molecule has 0 aliphatic heterocycles. The van der Waals surface area contributed by atoms with Crippen molar-refractivity contribution in [3.63, 3.8) is 0 Å². The van der Waals surface area contributed by atoms with Gasteiger partial charge in [-0.25, -0.2) is 0 Å². The lowest BCUT2D eigenvalue weighted by Gasteiger charge is -2.06. The molecule has 0 fully saturated rings. The average molecular weight is 323 g/mol. The zero-order valence-electron chi connectivity index (χ0n) is 13.8. The first-order valence-electron chi connectivity index (χ1n) is 7.86. The van der Waals surface area contributed by atoms with E-state index in [0.717, 1.165) is 30.9 Å². The highest BCUT2D eigenvalue weighted by Gasteiger charge is 2.05. The molecule has 22 heavy (non-hydrogen) atoms. The highest BCUT2D eigenvalue weighted by atomic mass is 35.5. The topological polar surface area (TPSA) is 37.9 Å². The van der Waals surface area contributed by atoms with Gasteiger partial charge in [-0.05, 0) is 57.7 Å². The molecule has 0 atom stereocenters. The molecule has 3 nitrogen and oxygen atoms in total. The number of unbranched alkanes of at least 4 members (excludes halogenated alkanes) is 3. The molecular weight excluding hydrogens is 296 g/mol. The smallest absolute Gasteiger partial charge is 0.119 e. The van der Waals surface area contributed by atoms with Gasteiger partial charge in [0.1, 0.15) is 5.75 Å². The molecular formula is C18H27ClN2O. The van der Waals surface area contributed by atoms with Crippen molar-refractivity contribution in [1.82, 2.24) is 10.2 Å². The molecule has 0 aliphatic rings. The third-order valence-electron chi connectivity index (χ3n) is 3.89. The Hall–Kier alpha value is -1.48. The molecule has 1 N–H and O–H groups in total. The monoisotopic (exact) mass is 322 g/mol. The number of benzene rings is 1. The van der Waals surface area contributed by atoms with Crippen molar-refractivity contribution < 1.29 is 4.74 Å². The minimum atomic E-state index is 0. The number of hydrogen-bond donors (Lipinski definition) is 1. The summed E-state index contributed by atoms with van der Waals surface area (Å²) < 4.78 is 5.74. The van der Waals surface area contributed by atoms with E-state index >= 15 is 0 Å². The van der Waals surface area contributed by atoms with Gasteiger partial charge in [0.15, 0.2) is 0 Å². The standard InChI is InChI=1S/C18H26N2O.ClH/c1-14-9-11-17(12-10-14)21-13-7-5-4-6-8-18-15(2)19-20-16(18)3;/h9-12H,4-8,13H2,1-3H3,(H,19,20);1H. The van der Waals surface area contributed by atoms with E-state index in [9.17, 15) is 0 Å². The van der Waals surface area contributed by atoms with Crippen LogP contribution in [0.2, 0.25) is 0 Å². The molecule has 0 amide bonds. The molecule has 0 saturated carbocycles. The lowest BCUT2D eigenvalue weighted by molar-refractivity contribution is 0.304.